The third-order valence-electron chi connectivity index (χ3n) is 4.14. The van der Waals surface area contributed by atoms with Gasteiger partial charge in [-0.1, -0.05) is 44.2 Å². The molecule has 0 radical (unpaired) electrons. The van der Waals surface area contributed by atoms with Crippen molar-refractivity contribution in [1.82, 2.24) is 4.90 Å². The molecule has 1 aliphatic heterocycles. The molecule has 5 nitrogen and oxygen atoms in total. The molecule has 0 bridgehead atoms. The first-order chi connectivity index (χ1) is 14.0. The lowest BCUT2D eigenvalue weighted by Gasteiger charge is -2.17. The lowest BCUT2D eigenvalue weighted by Crippen LogP contribution is -2.32. The van der Waals surface area contributed by atoms with E-state index in [0.29, 0.717) is 34.7 Å². The zero-order chi connectivity index (χ0) is 20.8. The third-order valence-corrected chi connectivity index (χ3v) is 5.14. The molecule has 3 rings (SSSR count). The van der Waals surface area contributed by atoms with Gasteiger partial charge in [0.1, 0.15) is 0 Å². The van der Waals surface area contributed by atoms with E-state index in [-0.39, 0.29) is 11.9 Å². The molecule has 2 aromatic rings. The van der Waals surface area contributed by atoms with Crippen LogP contribution in [-0.4, -0.2) is 35.1 Å². The topological polar surface area (TPSA) is 59.0 Å². The van der Waals surface area contributed by atoms with E-state index in [4.69, 9.17) is 4.74 Å². The smallest absolute Gasteiger partial charge is 0.338 e. The van der Waals surface area contributed by atoms with Crippen LogP contribution in [-0.2, 0) is 9.53 Å². The van der Waals surface area contributed by atoms with Gasteiger partial charge in [-0.3, -0.25) is 9.69 Å². The maximum Gasteiger partial charge on any atom is 0.338 e. The first kappa shape index (κ1) is 20.9. The summed E-state index contributed by atoms with van der Waals surface area (Å²) in [6, 6.07) is 16.7. The molecule has 0 spiro atoms. The number of hydrogen-bond donors (Lipinski definition) is 0. The van der Waals surface area contributed by atoms with Crippen molar-refractivity contribution in [2.45, 2.75) is 20.8 Å². The van der Waals surface area contributed by atoms with Crippen LogP contribution in [0.1, 0.15) is 36.7 Å². The number of nitrogens with zero attached hydrogens (tertiary/aromatic N) is 2. The van der Waals surface area contributed by atoms with Gasteiger partial charge in [-0.25, -0.2) is 9.79 Å². The fraction of sp³-hybridized carbons (Fsp3) is 0.261. The first-order valence-electron chi connectivity index (χ1n) is 9.60. The van der Waals surface area contributed by atoms with Crippen molar-refractivity contribution >= 4 is 40.6 Å². The van der Waals surface area contributed by atoms with E-state index < -0.39 is 0 Å². The minimum atomic E-state index is -0.349. The Morgan fingerprint density at radius 2 is 1.83 bits per heavy atom. The highest BCUT2D eigenvalue weighted by Gasteiger charge is 2.33. The Hall–Kier alpha value is -2.86. The number of carbonyl (C=O) groups excluding carboxylic acids is 2. The van der Waals surface area contributed by atoms with E-state index in [1.165, 1.54) is 11.8 Å². The Labute approximate surface area is 175 Å². The summed E-state index contributed by atoms with van der Waals surface area (Å²) in [4.78, 5) is 31.8. The molecule has 0 atom stereocenters. The number of amides is 1. The van der Waals surface area contributed by atoms with Crippen LogP contribution >= 0.6 is 11.8 Å². The summed E-state index contributed by atoms with van der Waals surface area (Å²) >= 11 is 1.37. The zero-order valence-corrected chi connectivity index (χ0v) is 17.6. The Bertz CT molecular complexity index is 934. The van der Waals surface area contributed by atoms with E-state index >= 15 is 0 Å². The number of aliphatic imine (C=N–C) groups is 1. The average molecular weight is 409 g/mol. The fourth-order valence-corrected chi connectivity index (χ4v) is 3.82. The van der Waals surface area contributed by atoms with Gasteiger partial charge in [-0.05, 0) is 60.5 Å². The number of esters is 1. The normalized spacial score (nSPS) is 16.8. The van der Waals surface area contributed by atoms with Gasteiger partial charge in [0.25, 0.3) is 5.91 Å². The molecular formula is C23H24N2O3S. The van der Waals surface area contributed by atoms with Crippen molar-refractivity contribution in [3.63, 3.8) is 0 Å². The van der Waals surface area contributed by atoms with Gasteiger partial charge in [-0.2, -0.15) is 0 Å². The highest BCUT2D eigenvalue weighted by molar-refractivity contribution is 8.18. The Morgan fingerprint density at radius 1 is 1.14 bits per heavy atom. The van der Waals surface area contributed by atoms with E-state index in [9.17, 15) is 9.59 Å². The number of amidine groups is 1. The van der Waals surface area contributed by atoms with Gasteiger partial charge in [0.15, 0.2) is 5.17 Å². The molecule has 150 valence electrons. The molecule has 1 aliphatic rings. The summed E-state index contributed by atoms with van der Waals surface area (Å²) in [5.41, 5.74) is 2.16. The zero-order valence-electron chi connectivity index (χ0n) is 16.8. The summed E-state index contributed by atoms with van der Waals surface area (Å²) in [6.07, 6.45) is 1.84. The quantitative estimate of drug-likeness (QED) is 0.491. The summed E-state index contributed by atoms with van der Waals surface area (Å²) in [5.74, 6) is -0.0741. The fourth-order valence-electron chi connectivity index (χ4n) is 2.81. The molecule has 0 saturated carbocycles. The standard InChI is InChI=1S/C23H24N2O3S/c1-4-28-22(27)18-12-10-17(11-13-18)14-20-21(26)25(15-16(2)3)23(29-20)24-19-8-6-5-7-9-19/h5-14,16H,4,15H2,1-3H3/b20-14+,24-23?. The second kappa shape index (κ2) is 9.56. The Balaban J connectivity index is 1.86. The molecule has 0 aromatic heterocycles. The Kier molecular flexibility index (Phi) is 6.88. The molecule has 0 unspecified atom stereocenters. The van der Waals surface area contributed by atoms with Crippen LogP contribution in [0, 0.1) is 5.92 Å². The number of carbonyl (C=O) groups is 2. The molecule has 1 saturated heterocycles. The van der Waals surface area contributed by atoms with Crippen LogP contribution < -0.4 is 0 Å². The number of thioether (sulfide) groups is 1. The van der Waals surface area contributed by atoms with Crippen molar-refractivity contribution in [2.75, 3.05) is 13.2 Å². The first-order valence-corrected chi connectivity index (χ1v) is 10.4. The van der Waals surface area contributed by atoms with Crippen LogP contribution in [0.2, 0.25) is 0 Å². The number of hydrogen-bond acceptors (Lipinski definition) is 5. The average Bonchev–Trinajstić information content (AvgIpc) is 2.98. The van der Waals surface area contributed by atoms with Crippen molar-refractivity contribution in [3.8, 4) is 0 Å². The molecule has 1 amide bonds. The molecule has 2 aromatic carbocycles. The van der Waals surface area contributed by atoms with Crippen LogP contribution in [0.5, 0.6) is 0 Å². The maximum absolute atomic E-state index is 13.0. The van der Waals surface area contributed by atoms with Crippen LogP contribution in [0.25, 0.3) is 6.08 Å². The molecule has 0 N–H and O–H groups in total. The van der Waals surface area contributed by atoms with Gasteiger partial charge in [0.05, 0.1) is 22.8 Å². The summed E-state index contributed by atoms with van der Waals surface area (Å²) < 4.78 is 5.00. The predicted octanol–water partition coefficient (Wildman–Crippen LogP) is 5.12. The van der Waals surface area contributed by atoms with E-state index in [1.54, 1.807) is 24.0 Å². The highest BCUT2D eigenvalue weighted by atomic mass is 32.2. The van der Waals surface area contributed by atoms with Crippen molar-refractivity contribution in [2.24, 2.45) is 10.9 Å². The molecule has 1 heterocycles. The lowest BCUT2D eigenvalue weighted by atomic mass is 10.1. The van der Waals surface area contributed by atoms with E-state index in [2.05, 4.69) is 18.8 Å². The number of rotatable bonds is 6. The largest absolute Gasteiger partial charge is 0.462 e. The van der Waals surface area contributed by atoms with Gasteiger partial charge in [-0.15, -0.1) is 0 Å². The van der Waals surface area contributed by atoms with Crippen LogP contribution in [0.3, 0.4) is 0 Å². The van der Waals surface area contributed by atoms with Crippen LogP contribution in [0.4, 0.5) is 5.69 Å². The third kappa shape index (κ3) is 5.35. The molecule has 1 fully saturated rings. The van der Waals surface area contributed by atoms with E-state index in [0.717, 1.165) is 11.3 Å². The molecule has 29 heavy (non-hydrogen) atoms. The Morgan fingerprint density at radius 3 is 2.45 bits per heavy atom. The molecular weight excluding hydrogens is 384 g/mol. The predicted molar refractivity (Wildman–Crippen MR) is 118 cm³/mol. The molecule has 0 aliphatic carbocycles. The lowest BCUT2D eigenvalue weighted by molar-refractivity contribution is -0.122. The summed E-state index contributed by atoms with van der Waals surface area (Å²) in [5, 5.41) is 0.685. The maximum atomic E-state index is 13.0. The monoisotopic (exact) mass is 408 g/mol. The van der Waals surface area contributed by atoms with E-state index in [1.807, 2.05) is 48.5 Å². The number of para-hydroxylation sites is 1. The second-order valence-electron chi connectivity index (χ2n) is 6.99. The van der Waals surface area contributed by atoms with Crippen LogP contribution in [0.15, 0.2) is 64.5 Å². The van der Waals surface area contributed by atoms with Crippen molar-refractivity contribution in [1.29, 1.82) is 0 Å². The minimum absolute atomic E-state index is 0.0483. The second-order valence-corrected chi connectivity index (χ2v) is 8.00. The van der Waals surface area contributed by atoms with Crippen molar-refractivity contribution < 1.29 is 14.3 Å². The van der Waals surface area contributed by atoms with Gasteiger partial charge in [0, 0.05) is 6.54 Å². The number of benzene rings is 2. The summed E-state index contributed by atoms with van der Waals surface area (Å²) in [7, 11) is 0. The highest BCUT2D eigenvalue weighted by Crippen LogP contribution is 2.34. The van der Waals surface area contributed by atoms with Crippen molar-refractivity contribution in [3.05, 3.63) is 70.6 Å². The van der Waals surface area contributed by atoms with Gasteiger partial charge < -0.3 is 4.74 Å². The van der Waals surface area contributed by atoms with Gasteiger partial charge in [0.2, 0.25) is 0 Å². The minimum Gasteiger partial charge on any atom is -0.462 e. The molecule has 6 heteroatoms. The van der Waals surface area contributed by atoms with Gasteiger partial charge >= 0.3 is 5.97 Å². The summed E-state index contributed by atoms with van der Waals surface area (Å²) in [6.45, 7) is 6.88. The number of ether oxygens (including phenoxy) is 1. The SMILES string of the molecule is CCOC(=O)c1ccc(/C=C2/SC(=Nc3ccccc3)N(CC(C)C)C2=O)cc1.